The Labute approximate surface area is 128 Å². The molecule has 1 aromatic rings. The molecule has 1 nitrogen and oxygen atoms in total. The van der Waals surface area contributed by atoms with E-state index in [2.05, 4.69) is 35.1 Å². The van der Waals surface area contributed by atoms with Gasteiger partial charge in [-0.15, -0.1) is 0 Å². The molecule has 2 atom stereocenters. The number of benzene rings is 1. The van der Waals surface area contributed by atoms with E-state index in [1.807, 2.05) is 0 Å². The minimum Gasteiger partial charge on any atom is -0.379 e. The van der Waals surface area contributed by atoms with Crippen molar-refractivity contribution in [3.8, 4) is 0 Å². The predicted octanol–water partition coefficient (Wildman–Crippen LogP) is 5.74. The third kappa shape index (κ3) is 4.18. The SMILES string of the molecule is CC(C)CC1CCCC(Nc2c(F)cc(F)cc2Br)C1. The first-order chi connectivity index (χ1) is 9.45. The third-order valence-corrected chi connectivity index (χ3v) is 4.57. The van der Waals surface area contributed by atoms with Crippen LogP contribution in [0, 0.1) is 23.5 Å². The summed E-state index contributed by atoms with van der Waals surface area (Å²) in [6, 6.07) is 2.52. The summed E-state index contributed by atoms with van der Waals surface area (Å²) < 4.78 is 27.4. The molecule has 2 unspecified atom stereocenters. The van der Waals surface area contributed by atoms with Crippen molar-refractivity contribution in [2.75, 3.05) is 5.32 Å². The van der Waals surface area contributed by atoms with E-state index in [1.54, 1.807) is 0 Å². The van der Waals surface area contributed by atoms with Gasteiger partial charge < -0.3 is 5.32 Å². The van der Waals surface area contributed by atoms with Crippen LogP contribution in [0.1, 0.15) is 46.0 Å². The van der Waals surface area contributed by atoms with Gasteiger partial charge in [-0.3, -0.25) is 0 Å². The van der Waals surface area contributed by atoms with E-state index in [0.29, 0.717) is 22.0 Å². The lowest BCUT2D eigenvalue weighted by Crippen LogP contribution is -2.28. The Morgan fingerprint density at radius 2 is 2.05 bits per heavy atom. The molecular weight excluding hydrogens is 324 g/mol. The van der Waals surface area contributed by atoms with Gasteiger partial charge in [0.05, 0.1) is 5.69 Å². The molecule has 1 aliphatic carbocycles. The Hall–Kier alpha value is -0.640. The van der Waals surface area contributed by atoms with Crippen LogP contribution in [0.3, 0.4) is 0 Å². The zero-order valence-electron chi connectivity index (χ0n) is 12.1. The monoisotopic (exact) mass is 345 g/mol. The Kier molecular flexibility index (Phi) is 5.42. The molecule has 1 fully saturated rings. The lowest BCUT2D eigenvalue weighted by Gasteiger charge is -2.31. The Morgan fingerprint density at radius 3 is 2.70 bits per heavy atom. The van der Waals surface area contributed by atoms with Crippen molar-refractivity contribution in [3.63, 3.8) is 0 Å². The third-order valence-electron chi connectivity index (χ3n) is 3.94. The van der Waals surface area contributed by atoms with Crippen LogP contribution in [0.5, 0.6) is 0 Å². The molecule has 2 rings (SSSR count). The van der Waals surface area contributed by atoms with Gasteiger partial charge in [0.2, 0.25) is 0 Å². The normalized spacial score (nSPS) is 23.1. The fourth-order valence-corrected chi connectivity index (χ4v) is 3.71. The summed E-state index contributed by atoms with van der Waals surface area (Å²) in [5, 5.41) is 3.26. The van der Waals surface area contributed by atoms with Gasteiger partial charge in [-0.1, -0.05) is 26.7 Å². The highest BCUT2D eigenvalue weighted by atomic mass is 79.9. The maximum atomic E-state index is 13.8. The van der Waals surface area contributed by atoms with Gasteiger partial charge in [-0.25, -0.2) is 8.78 Å². The molecular formula is C16H22BrF2N. The highest BCUT2D eigenvalue weighted by molar-refractivity contribution is 9.10. The van der Waals surface area contributed by atoms with E-state index in [0.717, 1.165) is 18.9 Å². The average Bonchev–Trinajstić information content (AvgIpc) is 2.33. The van der Waals surface area contributed by atoms with Crippen molar-refractivity contribution in [2.24, 2.45) is 11.8 Å². The zero-order chi connectivity index (χ0) is 14.7. The van der Waals surface area contributed by atoms with E-state index >= 15 is 0 Å². The Balaban J connectivity index is 2.03. The van der Waals surface area contributed by atoms with Crippen molar-refractivity contribution < 1.29 is 8.78 Å². The molecule has 0 amide bonds. The minimum atomic E-state index is -0.554. The summed E-state index contributed by atoms with van der Waals surface area (Å²) in [5.74, 6) is 0.334. The number of hydrogen-bond donors (Lipinski definition) is 1. The molecule has 20 heavy (non-hydrogen) atoms. The van der Waals surface area contributed by atoms with E-state index in [4.69, 9.17) is 0 Å². The highest BCUT2D eigenvalue weighted by Gasteiger charge is 2.24. The summed E-state index contributed by atoms with van der Waals surface area (Å²) in [6.07, 6.45) is 5.80. The van der Waals surface area contributed by atoms with Crippen LogP contribution in [0.2, 0.25) is 0 Å². The molecule has 112 valence electrons. The lowest BCUT2D eigenvalue weighted by molar-refractivity contribution is 0.288. The van der Waals surface area contributed by atoms with Crippen molar-refractivity contribution in [1.82, 2.24) is 0 Å². The van der Waals surface area contributed by atoms with Gasteiger partial charge in [0.25, 0.3) is 0 Å². The standard InChI is InChI=1S/C16H22BrF2N/c1-10(2)6-11-4-3-5-13(7-11)20-16-14(17)8-12(18)9-15(16)19/h8-11,13,20H,3-7H2,1-2H3. The van der Waals surface area contributed by atoms with Crippen molar-refractivity contribution in [2.45, 2.75) is 52.0 Å². The van der Waals surface area contributed by atoms with Crippen LogP contribution in [-0.2, 0) is 0 Å². The molecule has 0 saturated heterocycles. The van der Waals surface area contributed by atoms with Crippen LogP contribution >= 0.6 is 15.9 Å². The van der Waals surface area contributed by atoms with Gasteiger partial charge in [0, 0.05) is 16.6 Å². The van der Waals surface area contributed by atoms with Crippen LogP contribution in [-0.4, -0.2) is 6.04 Å². The highest BCUT2D eigenvalue weighted by Crippen LogP contribution is 2.34. The fourth-order valence-electron chi connectivity index (χ4n) is 3.19. The van der Waals surface area contributed by atoms with Crippen molar-refractivity contribution in [3.05, 3.63) is 28.2 Å². The Morgan fingerprint density at radius 1 is 1.30 bits per heavy atom. The molecule has 4 heteroatoms. The summed E-state index contributed by atoms with van der Waals surface area (Å²) >= 11 is 3.24. The minimum absolute atomic E-state index is 0.281. The molecule has 1 N–H and O–H groups in total. The van der Waals surface area contributed by atoms with E-state index in [9.17, 15) is 8.78 Å². The largest absolute Gasteiger partial charge is 0.379 e. The summed E-state index contributed by atoms with van der Waals surface area (Å²) in [5.41, 5.74) is 0.390. The van der Waals surface area contributed by atoms with Crippen LogP contribution in [0.4, 0.5) is 14.5 Å². The number of halogens is 3. The van der Waals surface area contributed by atoms with Gasteiger partial charge in [0.1, 0.15) is 11.6 Å². The molecule has 0 spiro atoms. The van der Waals surface area contributed by atoms with Gasteiger partial charge >= 0.3 is 0 Å². The molecule has 1 aromatic carbocycles. The van der Waals surface area contributed by atoms with Crippen molar-refractivity contribution >= 4 is 21.6 Å². The van der Waals surface area contributed by atoms with Gasteiger partial charge in [0.15, 0.2) is 0 Å². The lowest BCUT2D eigenvalue weighted by atomic mass is 9.81. The second-order valence-corrected chi connectivity index (χ2v) is 7.10. The van der Waals surface area contributed by atoms with E-state index < -0.39 is 11.6 Å². The molecule has 0 aromatic heterocycles. The first-order valence-corrected chi connectivity index (χ1v) is 8.16. The molecule has 0 radical (unpaired) electrons. The quantitative estimate of drug-likeness (QED) is 0.733. The maximum absolute atomic E-state index is 13.8. The van der Waals surface area contributed by atoms with Crippen LogP contribution in [0.15, 0.2) is 16.6 Å². The van der Waals surface area contributed by atoms with Crippen LogP contribution in [0.25, 0.3) is 0 Å². The number of nitrogens with one attached hydrogen (secondary N) is 1. The number of rotatable bonds is 4. The Bertz CT molecular complexity index is 439. The average molecular weight is 346 g/mol. The number of anilines is 1. The summed E-state index contributed by atoms with van der Waals surface area (Å²) in [7, 11) is 0. The van der Waals surface area contributed by atoms with Gasteiger partial charge in [-0.2, -0.15) is 0 Å². The van der Waals surface area contributed by atoms with Crippen molar-refractivity contribution in [1.29, 1.82) is 0 Å². The zero-order valence-corrected chi connectivity index (χ0v) is 13.6. The first kappa shape index (κ1) is 15.7. The van der Waals surface area contributed by atoms with E-state index in [-0.39, 0.29) is 6.04 Å². The fraction of sp³-hybridized carbons (Fsp3) is 0.625. The smallest absolute Gasteiger partial charge is 0.150 e. The second-order valence-electron chi connectivity index (χ2n) is 6.25. The summed E-state index contributed by atoms with van der Waals surface area (Å²) in [4.78, 5) is 0. The predicted molar refractivity (Wildman–Crippen MR) is 82.9 cm³/mol. The maximum Gasteiger partial charge on any atom is 0.150 e. The summed E-state index contributed by atoms with van der Waals surface area (Å²) in [6.45, 7) is 4.49. The number of hydrogen-bond acceptors (Lipinski definition) is 1. The van der Waals surface area contributed by atoms with Crippen LogP contribution < -0.4 is 5.32 Å². The molecule has 1 aliphatic rings. The second kappa shape index (κ2) is 6.88. The molecule has 0 aliphatic heterocycles. The van der Waals surface area contributed by atoms with Gasteiger partial charge in [-0.05, 0) is 53.1 Å². The first-order valence-electron chi connectivity index (χ1n) is 7.36. The van der Waals surface area contributed by atoms with E-state index in [1.165, 1.54) is 25.3 Å². The molecule has 1 saturated carbocycles. The molecule has 0 bridgehead atoms. The molecule has 0 heterocycles. The topological polar surface area (TPSA) is 12.0 Å².